The number of fused-ring (bicyclic) bond motifs is 1. The first kappa shape index (κ1) is 19.8. The van der Waals surface area contributed by atoms with Crippen molar-refractivity contribution in [2.24, 2.45) is 17.4 Å². The molecule has 0 aliphatic carbocycles. The molecule has 1 saturated heterocycles. The Bertz CT molecular complexity index is 992. The Labute approximate surface area is 167 Å². The van der Waals surface area contributed by atoms with Crippen LogP contribution < -0.4 is 11.5 Å². The zero-order valence-corrected chi connectivity index (χ0v) is 15.9. The van der Waals surface area contributed by atoms with Gasteiger partial charge < -0.3 is 20.8 Å². The molecule has 9 nitrogen and oxygen atoms in total. The van der Waals surface area contributed by atoms with Crippen LogP contribution in [0.5, 0.6) is 0 Å². The number of amides is 2. The molecule has 4 N–H and O–H groups in total. The highest BCUT2D eigenvalue weighted by Crippen LogP contribution is 2.24. The lowest BCUT2D eigenvalue weighted by molar-refractivity contribution is 0.0685. The predicted octanol–water partition coefficient (Wildman–Crippen LogP) is 1.32. The third kappa shape index (κ3) is 3.46. The number of imidazole rings is 1. The molecule has 1 aliphatic heterocycles. The van der Waals surface area contributed by atoms with Crippen LogP contribution in [0.15, 0.2) is 35.2 Å². The van der Waals surface area contributed by atoms with Crippen LogP contribution in [-0.4, -0.2) is 50.7 Å². The average molecular weight is 405 g/mol. The first-order valence-electron chi connectivity index (χ1n) is 8.79. The normalized spacial score (nSPS) is 14.8. The molecule has 3 aromatic heterocycles. The number of hydrogen-bond donors (Lipinski definition) is 2. The van der Waals surface area contributed by atoms with Crippen molar-refractivity contribution in [3.63, 3.8) is 0 Å². The molecular formula is C18H21ClN6O3. The van der Waals surface area contributed by atoms with Crippen molar-refractivity contribution >= 4 is 29.9 Å². The van der Waals surface area contributed by atoms with E-state index in [9.17, 15) is 9.59 Å². The van der Waals surface area contributed by atoms with Gasteiger partial charge in [0.25, 0.3) is 11.8 Å². The van der Waals surface area contributed by atoms with E-state index in [1.54, 1.807) is 23.1 Å². The molecule has 0 spiro atoms. The monoisotopic (exact) mass is 404 g/mol. The van der Waals surface area contributed by atoms with Crippen LogP contribution in [0.4, 0.5) is 0 Å². The largest absolute Gasteiger partial charge is 0.463 e. The van der Waals surface area contributed by atoms with E-state index in [0.29, 0.717) is 42.7 Å². The van der Waals surface area contributed by atoms with Gasteiger partial charge in [0.1, 0.15) is 17.7 Å². The van der Waals surface area contributed by atoms with Gasteiger partial charge in [-0.2, -0.15) is 0 Å². The number of furan rings is 1. The van der Waals surface area contributed by atoms with E-state index in [-0.39, 0.29) is 29.7 Å². The standard InChI is InChI=1S/C18H20N6O3.ClH/c19-9-11-3-5-23(6-4-11)18(26)13-8-12(14-2-1-7-27-14)22-17-15(16(20)25)21-10-24(13)17;/h1-2,7-8,10-11H,3-6,9,19H2,(H2,20,25);1H. The Kier molecular flexibility index (Phi) is 5.66. The van der Waals surface area contributed by atoms with E-state index < -0.39 is 5.91 Å². The van der Waals surface area contributed by atoms with Crippen LogP contribution >= 0.6 is 12.4 Å². The number of aromatic nitrogens is 3. The SMILES string of the molecule is Cl.NCC1CCN(C(=O)c2cc(-c3ccco3)nc3c(C(N)=O)ncn23)CC1. The van der Waals surface area contributed by atoms with Gasteiger partial charge in [-0.3, -0.25) is 14.0 Å². The number of rotatable bonds is 4. The molecule has 148 valence electrons. The van der Waals surface area contributed by atoms with E-state index in [2.05, 4.69) is 9.97 Å². The van der Waals surface area contributed by atoms with Gasteiger partial charge in [0, 0.05) is 13.1 Å². The van der Waals surface area contributed by atoms with Crippen molar-refractivity contribution < 1.29 is 14.0 Å². The molecule has 0 bridgehead atoms. The summed E-state index contributed by atoms with van der Waals surface area (Å²) in [4.78, 5) is 35.1. The number of nitrogens with two attached hydrogens (primary N) is 2. The highest BCUT2D eigenvalue weighted by atomic mass is 35.5. The van der Waals surface area contributed by atoms with Gasteiger partial charge in [-0.1, -0.05) is 0 Å². The highest BCUT2D eigenvalue weighted by Gasteiger charge is 2.26. The Hall–Kier alpha value is -2.91. The molecule has 0 atom stereocenters. The molecule has 28 heavy (non-hydrogen) atoms. The van der Waals surface area contributed by atoms with Gasteiger partial charge in [0.2, 0.25) is 0 Å². The number of nitrogens with zero attached hydrogens (tertiary/aromatic N) is 4. The molecule has 0 saturated carbocycles. The quantitative estimate of drug-likeness (QED) is 0.673. The summed E-state index contributed by atoms with van der Waals surface area (Å²) in [6.07, 6.45) is 4.66. The number of piperidine rings is 1. The van der Waals surface area contributed by atoms with Gasteiger partial charge in [0.15, 0.2) is 17.1 Å². The van der Waals surface area contributed by atoms with Crippen LogP contribution in [0.3, 0.4) is 0 Å². The van der Waals surface area contributed by atoms with E-state index in [1.165, 1.54) is 17.0 Å². The first-order valence-corrected chi connectivity index (χ1v) is 8.79. The molecule has 0 aromatic carbocycles. The van der Waals surface area contributed by atoms with E-state index in [4.69, 9.17) is 15.9 Å². The van der Waals surface area contributed by atoms with Gasteiger partial charge in [0.05, 0.1) is 6.26 Å². The van der Waals surface area contributed by atoms with E-state index >= 15 is 0 Å². The maximum atomic E-state index is 13.2. The summed E-state index contributed by atoms with van der Waals surface area (Å²) in [5.41, 5.74) is 12.2. The van der Waals surface area contributed by atoms with Gasteiger partial charge in [-0.15, -0.1) is 12.4 Å². The minimum Gasteiger partial charge on any atom is -0.463 e. The molecule has 2 amide bonds. The third-order valence-corrected chi connectivity index (χ3v) is 4.96. The van der Waals surface area contributed by atoms with Crippen LogP contribution in [0.2, 0.25) is 0 Å². The number of hydrogen-bond acceptors (Lipinski definition) is 6. The average Bonchev–Trinajstić information content (AvgIpc) is 3.36. The second-order valence-electron chi connectivity index (χ2n) is 6.63. The predicted molar refractivity (Wildman–Crippen MR) is 104 cm³/mol. The van der Waals surface area contributed by atoms with Crippen molar-refractivity contribution in [2.45, 2.75) is 12.8 Å². The Morgan fingerprint density at radius 1 is 1.29 bits per heavy atom. The Morgan fingerprint density at radius 2 is 2.04 bits per heavy atom. The summed E-state index contributed by atoms with van der Waals surface area (Å²) in [7, 11) is 0. The lowest BCUT2D eigenvalue weighted by atomic mass is 9.97. The Balaban J connectivity index is 0.00000225. The minimum absolute atomic E-state index is 0. The van der Waals surface area contributed by atoms with Crippen molar-refractivity contribution in [1.29, 1.82) is 0 Å². The number of likely N-dealkylation sites (tertiary alicyclic amines) is 1. The highest BCUT2D eigenvalue weighted by molar-refractivity contribution is 5.99. The lowest BCUT2D eigenvalue weighted by Crippen LogP contribution is -2.40. The van der Waals surface area contributed by atoms with Crippen LogP contribution in [0.25, 0.3) is 17.1 Å². The van der Waals surface area contributed by atoms with E-state index in [1.807, 2.05) is 0 Å². The second kappa shape index (κ2) is 7.99. The number of carbonyl (C=O) groups is 2. The molecule has 4 rings (SSSR count). The summed E-state index contributed by atoms with van der Waals surface area (Å²) in [6, 6.07) is 5.11. The number of halogens is 1. The maximum Gasteiger partial charge on any atom is 0.271 e. The molecule has 0 unspecified atom stereocenters. The van der Waals surface area contributed by atoms with Crippen molar-refractivity contribution in [1.82, 2.24) is 19.3 Å². The van der Waals surface area contributed by atoms with Gasteiger partial charge in [-0.25, -0.2) is 9.97 Å². The maximum absolute atomic E-state index is 13.2. The molecule has 1 aliphatic rings. The Morgan fingerprint density at radius 3 is 2.64 bits per heavy atom. The number of carbonyl (C=O) groups excluding carboxylic acids is 2. The smallest absolute Gasteiger partial charge is 0.271 e. The van der Waals surface area contributed by atoms with Crippen molar-refractivity contribution in [3.8, 4) is 11.5 Å². The first-order chi connectivity index (χ1) is 13.1. The minimum atomic E-state index is -0.705. The molecule has 3 aromatic rings. The summed E-state index contributed by atoms with van der Waals surface area (Å²) in [5, 5.41) is 0. The van der Waals surface area contributed by atoms with Gasteiger partial charge in [-0.05, 0) is 43.5 Å². The topological polar surface area (TPSA) is 133 Å². The summed E-state index contributed by atoms with van der Waals surface area (Å²) >= 11 is 0. The zero-order valence-electron chi connectivity index (χ0n) is 15.1. The fourth-order valence-electron chi connectivity index (χ4n) is 3.39. The van der Waals surface area contributed by atoms with Gasteiger partial charge >= 0.3 is 0 Å². The van der Waals surface area contributed by atoms with Crippen LogP contribution in [-0.2, 0) is 0 Å². The second-order valence-corrected chi connectivity index (χ2v) is 6.63. The van der Waals surface area contributed by atoms with E-state index in [0.717, 1.165) is 12.8 Å². The zero-order chi connectivity index (χ0) is 19.0. The summed E-state index contributed by atoms with van der Waals surface area (Å²) in [5.74, 6) is 0.0766. The lowest BCUT2D eigenvalue weighted by Gasteiger charge is -2.31. The molecule has 1 fully saturated rings. The van der Waals surface area contributed by atoms with Crippen LogP contribution in [0, 0.1) is 5.92 Å². The molecule has 0 radical (unpaired) electrons. The third-order valence-electron chi connectivity index (χ3n) is 4.96. The molecule has 10 heteroatoms. The van der Waals surface area contributed by atoms with Crippen molar-refractivity contribution in [2.75, 3.05) is 19.6 Å². The fourth-order valence-corrected chi connectivity index (χ4v) is 3.39. The molecular weight excluding hydrogens is 384 g/mol. The van der Waals surface area contributed by atoms with Crippen molar-refractivity contribution in [3.05, 3.63) is 42.2 Å². The van der Waals surface area contributed by atoms with Crippen LogP contribution in [0.1, 0.15) is 33.8 Å². The number of primary amides is 1. The fraction of sp³-hybridized carbons (Fsp3) is 0.333. The summed E-state index contributed by atoms with van der Waals surface area (Å²) < 4.78 is 6.91. The summed E-state index contributed by atoms with van der Waals surface area (Å²) in [6.45, 7) is 1.91. The molecule has 4 heterocycles.